The number of nitrogens with zero attached hydrogens (tertiary/aromatic N) is 3. The number of ketones is 1. The van der Waals surface area contributed by atoms with E-state index in [2.05, 4.69) is 21.0 Å². The maximum Gasteiger partial charge on any atom is 0.237 e. The summed E-state index contributed by atoms with van der Waals surface area (Å²) in [6.07, 6.45) is 0.744. The lowest BCUT2D eigenvalue weighted by molar-refractivity contribution is -0.107. The monoisotopic (exact) mass is 347 g/mol. The molecule has 1 aromatic heterocycles. The van der Waals surface area contributed by atoms with E-state index in [1.165, 1.54) is 0 Å². The Morgan fingerprint density at radius 2 is 2.00 bits per heavy atom. The fraction of sp³-hybridized carbons (Fsp3) is 0.692. The number of hydrogen-bond acceptors (Lipinski definition) is 5. The first kappa shape index (κ1) is 17.3. The molecule has 0 aliphatic rings. The van der Waals surface area contributed by atoms with Crippen molar-refractivity contribution in [1.29, 1.82) is 0 Å². The van der Waals surface area contributed by atoms with Crippen molar-refractivity contribution in [2.24, 2.45) is 0 Å². The Bertz CT molecular complexity index is 428. The average Bonchev–Trinajstić information content (AvgIpc) is 2.76. The van der Waals surface area contributed by atoms with E-state index in [0.717, 1.165) is 6.54 Å². The number of carbonyl (C=O) groups is 1. The molecule has 0 aromatic carbocycles. The Labute approximate surface area is 128 Å². The largest absolute Gasteiger partial charge is 0.346 e. The van der Waals surface area contributed by atoms with Gasteiger partial charge in [0, 0.05) is 19.8 Å². The Hall–Kier alpha value is -0.760. The van der Waals surface area contributed by atoms with E-state index in [1.54, 1.807) is 10.9 Å². The number of rotatable bonds is 9. The first-order valence-electron chi connectivity index (χ1n) is 6.64. The van der Waals surface area contributed by atoms with Crippen LogP contribution >= 0.6 is 15.9 Å². The first-order valence-corrected chi connectivity index (χ1v) is 7.44. The maximum atomic E-state index is 12.5. The van der Waals surface area contributed by atoms with Crippen LogP contribution in [0.1, 0.15) is 24.3 Å². The van der Waals surface area contributed by atoms with Crippen LogP contribution < -0.4 is 0 Å². The summed E-state index contributed by atoms with van der Waals surface area (Å²) in [5.74, 6) is -0.211. The minimum Gasteiger partial charge on any atom is -0.346 e. The SMILES string of the molecule is CCOC(OCC)C(=O)c1c(Br)cnn1CCN(C)C. The van der Waals surface area contributed by atoms with Crippen LogP contribution in [-0.2, 0) is 16.0 Å². The first-order chi connectivity index (χ1) is 9.51. The molecular weight excluding hydrogens is 326 g/mol. The normalized spacial score (nSPS) is 11.6. The van der Waals surface area contributed by atoms with Gasteiger partial charge in [0.1, 0.15) is 5.69 Å². The highest BCUT2D eigenvalue weighted by molar-refractivity contribution is 9.10. The summed E-state index contributed by atoms with van der Waals surface area (Å²) in [5, 5.41) is 4.22. The summed E-state index contributed by atoms with van der Waals surface area (Å²) in [7, 11) is 3.95. The van der Waals surface area contributed by atoms with Crippen LogP contribution in [0.3, 0.4) is 0 Å². The molecule has 20 heavy (non-hydrogen) atoms. The van der Waals surface area contributed by atoms with Gasteiger partial charge < -0.3 is 14.4 Å². The van der Waals surface area contributed by atoms with Crippen LogP contribution in [0, 0.1) is 0 Å². The molecule has 0 radical (unpaired) electrons. The Morgan fingerprint density at radius 3 is 2.50 bits per heavy atom. The molecule has 0 saturated heterocycles. The van der Waals surface area contributed by atoms with E-state index in [1.807, 2.05) is 32.8 Å². The molecule has 0 amide bonds. The Kier molecular flexibility index (Phi) is 7.36. The number of aromatic nitrogens is 2. The molecule has 0 saturated carbocycles. The zero-order valence-electron chi connectivity index (χ0n) is 12.4. The second-order valence-corrected chi connectivity index (χ2v) is 5.33. The molecule has 0 unspecified atom stereocenters. The molecule has 0 bridgehead atoms. The quantitative estimate of drug-likeness (QED) is 0.503. The van der Waals surface area contributed by atoms with Crippen LogP contribution in [0.15, 0.2) is 10.7 Å². The lowest BCUT2D eigenvalue weighted by atomic mass is 10.2. The highest BCUT2D eigenvalue weighted by atomic mass is 79.9. The lowest BCUT2D eigenvalue weighted by Gasteiger charge is -2.17. The van der Waals surface area contributed by atoms with Gasteiger partial charge in [-0.15, -0.1) is 0 Å². The van der Waals surface area contributed by atoms with Gasteiger partial charge in [0.05, 0.1) is 17.2 Å². The van der Waals surface area contributed by atoms with Crippen molar-refractivity contribution >= 4 is 21.7 Å². The van der Waals surface area contributed by atoms with E-state index < -0.39 is 6.29 Å². The summed E-state index contributed by atoms with van der Waals surface area (Å²) in [6.45, 7) is 5.92. The number of carbonyl (C=O) groups excluding carboxylic acids is 1. The predicted molar refractivity (Wildman–Crippen MR) is 79.9 cm³/mol. The number of halogens is 1. The molecule has 1 rings (SSSR count). The van der Waals surface area contributed by atoms with Gasteiger partial charge in [0.15, 0.2) is 0 Å². The van der Waals surface area contributed by atoms with Crippen LogP contribution in [0.4, 0.5) is 0 Å². The topological polar surface area (TPSA) is 56.6 Å². The lowest BCUT2D eigenvalue weighted by Crippen LogP contribution is -2.31. The molecule has 0 fully saturated rings. The minimum atomic E-state index is -0.879. The predicted octanol–water partition coefficient (Wildman–Crippen LogP) is 1.79. The Balaban J connectivity index is 2.92. The summed E-state index contributed by atoms with van der Waals surface area (Å²) in [6, 6.07) is 0. The van der Waals surface area contributed by atoms with Crippen LogP contribution in [0.2, 0.25) is 0 Å². The van der Waals surface area contributed by atoms with Crippen molar-refractivity contribution in [3.8, 4) is 0 Å². The number of Topliss-reactive ketones (excluding diaryl/α,β-unsaturated/α-hetero) is 1. The van der Waals surface area contributed by atoms with Gasteiger partial charge in [-0.3, -0.25) is 9.48 Å². The third-order valence-corrected chi connectivity index (χ3v) is 3.22. The molecule has 114 valence electrons. The molecule has 6 nitrogen and oxygen atoms in total. The van der Waals surface area contributed by atoms with Crippen molar-refractivity contribution in [3.63, 3.8) is 0 Å². The van der Waals surface area contributed by atoms with E-state index in [0.29, 0.717) is 29.9 Å². The molecule has 0 spiro atoms. The third-order valence-electron chi connectivity index (χ3n) is 2.64. The molecule has 0 aliphatic carbocycles. The van der Waals surface area contributed by atoms with Crippen molar-refractivity contribution < 1.29 is 14.3 Å². The van der Waals surface area contributed by atoms with Gasteiger partial charge in [-0.05, 0) is 43.9 Å². The average molecular weight is 348 g/mol. The highest BCUT2D eigenvalue weighted by Gasteiger charge is 2.26. The Morgan fingerprint density at radius 1 is 1.40 bits per heavy atom. The zero-order valence-corrected chi connectivity index (χ0v) is 14.0. The zero-order chi connectivity index (χ0) is 15.1. The van der Waals surface area contributed by atoms with Gasteiger partial charge in [-0.25, -0.2) is 0 Å². The molecule has 1 aromatic rings. The van der Waals surface area contributed by atoms with E-state index in [9.17, 15) is 4.79 Å². The van der Waals surface area contributed by atoms with E-state index in [4.69, 9.17) is 9.47 Å². The van der Waals surface area contributed by atoms with Gasteiger partial charge in [0.2, 0.25) is 12.1 Å². The smallest absolute Gasteiger partial charge is 0.237 e. The minimum absolute atomic E-state index is 0.211. The molecule has 0 aliphatic heterocycles. The van der Waals surface area contributed by atoms with Crippen molar-refractivity contribution in [1.82, 2.24) is 14.7 Å². The number of hydrogen-bond donors (Lipinski definition) is 0. The van der Waals surface area contributed by atoms with E-state index >= 15 is 0 Å². The van der Waals surface area contributed by atoms with Crippen molar-refractivity contribution in [2.75, 3.05) is 33.9 Å². The van der Waals surface area contributed by atoms with Crippen molar-refractivity contribution in [3.05, 3.63) is 16.4 Å². The van der Waals surface area contributed by atoms with Gasteiger partial charge in [-0.1, -0.05) is 0 Å². The summed E-state index contributed by atoms with van der Waals surface area (Å²) in [4.78, 5) is 14.6. The summed E-state index contributed by atoms with van der Waals surface area (Å²) < 4.78 is 13.1. The van der Waals surface area contributed by atoms with Gasteiger partial charge in [-0.2, -0.15) is 5.10 Å². The van der Waals surface area contributed by atoms with E-state index in [-0.39, 0.29) is 5.78 Å². The second-order valence-electron chi connectivity index (χ2n) is 4.47. The van der Waals surface area contributed by atoms with Crippen LogP contribution in [-0.4, -0.2) is 60.6 Å². The molecule has 7 heteroatoms. The van der Waals surface area contributed by atoms with Crippen LogP contribution in [0.25, 0.3) is 0 Å². The fourth-order valence-electron chi connectivity index (χ4n) is 1.69. The van der Waals surface area contributed by atoms with Gasteiger partial charge >= 0.3 is 0 Å². The molecule has 1 heterocycles. The maximum absolute atomic E-state index is 12.5. The third kappa shape index (κ3) is 4.66. The number of ether oxygens (including phenoxy) is 2. The van der Waals surface area contributed by atoms with Gasteiger partial charge in [0.25, 0.3) is 0 Å². The molecule has 0 N–H and O–H groups in total. The second kappa shape index (κ2) is 8.51. The fourth-order valence-corrected chi connectivity index (χ4v) is 2.18. The molecular formula is C13H22BrN3O3. The highest BCUT2D eigenvalue weighted by Crippen LogP contribution is 2.19. The number of likely N-dealkylation sites (N-methyl/N-ethyl adjacent to an activating group) is 1. The summed E-state index contributed by atoms with van der Waals surface area (Å²) in [5.41, 5.74) is 0.485. The standard InChI is InChI=1S/C13H22BrN3O3/c1-5-19-13(20-6-2)12(18)11-10(14)9-15-17(11)8-7-16(3)4/h9,13H,5-8H2,1-4H3. The molecule has 0 atom stereocenters. The van der Waals surface area contributed by atoms with Crippen LogP contribution in [0.5, 0.6) is 0 Å². The van der Waals surface area contributed by atoms with Crippen molar-refractivity contribution in [2.45, 2.75) is 26.7 Å². The summed E-state index contributed by atoms with van der Waals surface area (Å²) >= 11 is 3.37.